The Hall–Kier alpha value is -1.88. The molecule has 0 saturated carbocycles. The first-order valence-electron chi connectivity index (χ1n) is 7.22. The Labute approximate surface area is 127 Å². The Morgan fingerprint density at radius 2 is 2.14 bits per heavy atom. The number of fused-ring (bicyclic) bond motifs is 1. The summed E-state index contributed by atoms with van der Waals surface area (Å²) in [5.74, 6) is -0.317. The van der Waals surface area contributed by atoms with Gasteiger partial charge in [-0.1, -0.05) is 0 Å². The van der Waals surface area contributed by atoms with Gasteiger partial charge in [0.05, 0.1) is 6.54 Å². The molecule has 2 aromatic heterocycles. The summed E-state index contributed by atoms with van der Waals surface area (Å²) >= 11 is 1.78. The van der Waals surface area contributed by atoms with Crippen molar-refractivity contribution >= 4 is 17.2 Å². The molecule has 1 amide bonds. The number of pyridine rings is 1. The molecular formula is C16H18N2O2S. The van der Waals surface area contributed by atoms with Gasteiger partial charge in [-0.05, 0) is 56.4 Å². The molecule has 0 aliphatic heterocycles. The van der Waals surface area contributed by atoms with E-state index in [0.717, 1.165) is 18.5 Å². The van der Waals surface area contributed by atoms with E-state index in [1.807, 2.05) is 0 Å². The summed E-state index contributed by atoms with van der Waals surface area (Å²) in [5.41, 5.74) is 2.02. The van der Waals surface area contributed by atoms with E-state index in [9.17, 15) is 9.59 Å². The Kier molecular flexibility index (Phi) is 3.92. The van der Waals surface area contributed by atoms with Crippen LogP contribution in [0, 0.1) is 6.92 Å². The van der Waals surface area contributed by atoms with Crippen molar-refractivity contribution in [2.45, 2.75) is 39.2 Å². The molecule has 0 radical (unpaired) electrons. The molecule has 0 bridgehead atoms. The van der Waals surface area contributed by atoms with Crippen molar-refractivity contribution in [1.29, 1.82) is 0 Å². The first kappa shape index (κ1) is 14.1. The van der Waals surface area contributed by atoms with Crippen LogP contribution in [0.2, 0.25) is 0 Å². The highest BCUT2D eigenvalue weighted by Crippen LogP contribution is 2.29. The number of hydrogen-bond donors (Lipinski definition) is 2. The van der Waals surface area contributed by atoms with Gasteiger partial charge >= 0.3 is 0 Å². The van der Waals surface area contributed by atoms with Gasteiger partial charge in [-0.3, -0.25) is 9.59 Å². The van der Waals surface area contributed by atoms with Crippen molar-refractivity contribution in [1.82, 2.24) is 10.3 Å². The molecule has 5 heteroatoms. The molecule has 2 N–H and O–H groups in total. The number of carbonyl (C=O) groups excluding carboxylic acids is 1. The van der Waals surface area contributed by atoms with Crippen molar-refractivity contribution in [2.24, 2.45) is 0 Å². The van der Waals surface area contributed by atoms with Gasteiger partial charge in [0.15, 0.2) is 0 Å². The van der Waals surface area contributed by atoms with Crippen LogP contribution in [0.25, 0.3) is 0 Å². The van der Waals surface area contributed by atoms with Crippen molar-refractivity contribution in [3.63, 3.8) is 0 Å². The largest absolute Gasteiger partial charge is 0.347 e. The summed E-state index contributed by atoms with van der Waals surface area (Å²) in [7, 11) is 0. The summed E-state index contributed by atoms with van der Waals surface area (Å²) in [6.07, 6.45) is 4.83. The lowest BCUT2D eigenvalue weighted by molar-refractivity contribution is 0.0950. The maximum atomic E-state index is 12.1. The normalized spacial score (nSPS) is 13.8. The second-order valence-corrected chi connectivity index (χ2v) is 6.66. The predicted molar refractivity (Wildman–Crippen MR) is 83.9 cm³/mol. The fraction of sp³-hybridized carbons (Fsp3) is 0.375. The molecule has 0 saturated heterocycles. The molecule has 2 aromatic rings. The van der Waals surface area contributed by atoms with Crippen LogP contribution in [0.3, 0.4) is 0 Å². The highest BCUT2D eigenvalue weighted by Gasteiger charge is 2.15. The van der Waals surface area contributed by atoms with Crippen molar-refractivity contribution < 1.29 is 4.79 Å². The Bertz CT molecular complexity index is 707. The van der Waals surface area contributed by atoms with Crippen LogP contribution in [0.5, 0.6) is 0 Å². The molecule has 1 aliphatic rings. The van der Waals surface area contributed by atoms with E-state index in [-0.39, 0.29) is 17.0 Å². The SMILES string of the molecule is Cc1ccc(C(=O)NCc2cc3c(s2)CCCC3)c(=O)[nH]1. The zero-order valence-corrected chi connectivity index (χ0v) is 12.8. The fourth-order valence-electron chi connectivity index (χ4n) is 2.65. The number of thiophene rings is 1. The van der Waals surface area contributed by atoms with Crippen molar-refractivity contribution in [3.8, 4) is 0 Å². The van der Waals surface area contributed by atoms with Gasteiger partial charge in [-0.2, -0.15) is 0 Å². The van der Waals surface area contributed by atoms with Crippen LogP contribution in [0.1, 0.15) is 44.2 Å². The van der Waals surface area contributed by atoms with E-state index in [4.69, 9.17) is 0 Å². The Balaban J connectivity index is 1.68. The third-order valence-corrected chi connectivity index (χ3v) is 5.01. The monoisotopic (exact) mass is 302 g/mol. The topological polar surface area (TPSA) is 62.0 Å². The van der Waals surface area contributed by atoms with Gasteiger partial charge in [-0.25, -0.2) is 0 Å². The predicted octanol–water partition coefficient (Wildman–Crippen LogP) is 2.55. The smallest absolute Gasteiger partial charge is 0.260 e. The van der Waals surface area contributed by atoms with E-state index < -0.39 is 0 Å². The lowest BCUT2D eigenvalue weighted by Crippen LogP contribution is -2.29. The number of nitrogens with one attached hydrogen (secondary N) is 2. The number of amides is 1. The second-order valence-electron chi connectivity index (χ2n) is 5.44. The summed E-state index contributed by atoms with van der Waals surface area (Å²) in [4.78, 5) is 29.1. The number of hydrogen-bond acceptors (Lipinski definition) is 3. The van der Waals surface area contributed by atoms with Crippen LogP contribution >= 0.6 is 11.3 Å². The minimum Gasteiger partial charge on any atom is -0.347 e. The number of aromatic nitrogens is 1. The van der Waals surface area contributed by atoms with E-state index in [1.165, 1.54) is 28.2 Å². The minimum absolute atomic E-state index is 0.168. The number of H-pyrrole nitrogens is 1. The van der Waals surface area contributed by atoms with Crippen LogP contribution < -0.4 is 10.9 Å². The molecule has 0 spiro atoms. The zero-order chi connectivity index (χ0) is 14.8. The van der Waals surface area contributed by atoms with Crippen molar-refractivity contribution in [3.05, 3.63) is 55.1 Å². The third-order valence-electron chi connectivity index (χ3n) is 3.77. The van der Waals surface area contributed by atoms with Gasteiger partial charge in [0.25, 0.3) is 11.5 Å². The van der Waals surface area contributed by atoms with E-state index >= 15 is 0 Å². The van der Waals surface area contributed by atoms with Crippen molar-refractivity contribution in [2.75, 3.05) is 0 Å². The second kappa shape index (κ2) is 5.85. The quantitative estimate of drug-likeness (QED) is 0.915. The Morgan fingerprint density at radius 1 is 1.33 bits per heavy atom. The van der Waals surface area contributed by atoms with Crippen LogP contribution in [0.15, 0.2) is 23.0 Å². The molecular weight excluding hydrogens is 284 g/mol. The first-order valence-corrected chi connectivity index (χ1v) is 8.04. The van der Waals surface area contributed by atoms with Gasteiger partial charge in [-0.15, -0.1) is 11.3 Å². The summed E-state index contributed by atoms with van der Waals surface area (Å²) in [6, 6.07) is 5.50. The fourth-order valence-corrected chi connectivity index (χ4v) is 3.85. The Morgan fingerprint density at radius 3 is 2.90 bits per heavy atom. The van der Waals surface area contributed by atoms with Crippen LogP contribution in [-0.2, 0) is 19.4 Å². The zero-order valence-electron chi connectivity index (χ0n) is 12.0. The molecule has 3 rings (SSSR count). The van der Waals surface area contributed by atoms with Gasteiger partial charge in [0.2, 0.25) is 0 Å². The molecule has 0 fully saturated rings. The summed E-state index contributed by atoms with van der Waals surface area (Å²) in [5, 5.41) is 2.84. The van der Waals surface area contributed by atoms with E-state index in [2.05, 4.69) is 16.4 Å². The molecule has 4 nitrogen and oxygen atoms in total. The van der Waals surface area contributed by atoms with Crippen LogP contribution in [0.4, 0.5) is 0 Å². The number of aryl methyl sites for hydroxylation is 3. The average molecular weight is 302 g/mol. The standard InChI is InChI=1S/C16H18N2O2S/c1-10-6-7-13(16(20)18-10)15(19)17-9-12-8-11-4-2-3-5-14(11)21-12/h6-8H,2-5,9H2,1H3,(H,17,19)(H,18,20). The molecule has 110 valence electrons. The summed E-state index contributed by atoms with van der Waals surface area (Å²) in [6.45, 7) is 2.28. The molecule has 2 heterocycles. The highest BCUT2D eigenvalue weighted by molar-refractivity contribution is 7.12. The van der Waals surface area contributed by atoms with Gasteiger partial charge in [0, 0.05) is 15.4 Å². The minimum atomic E-state index is -0.335. The third kappa shape index (κ3) is 3.08. The van der Waals surface area contributed by atoms with Gasteiger partial charge < -0.3 is 10.3 Å². The number of carbonyl (C=O) groups is 1. The lowest BCUT2D eigenvalue weighted by Gasteiger charge is -2.08. The lowest BCUT2D eigenvalue weighted by atomic mass is 9.99. The van der Waals surface area contributed by atoms with Crippen LogP contribution in [-0.4, -0.2) is 10.9 Å². The van der Waals surface area contributed by atoms with E-state index in [1.54, 1.807) is 30.4 Å². The molecule has 0 unspecified atom stereocenters. The molecule has 0 atom stereocenters. The molecule has 21 heavy (non-hydrogen) atoms. The highest BCUT2D eigenvalue weighted by atomic mass is 32.1. The average Bonchev–Trinajstić information content (AvgIpc) is 2.87. The van der Waals surface area contributed by atoms with Gasteiger partial charge in [0.1, 0.15) is 5.56 Å². The maximum absolute atomic E-state index is 12.1. The molecule has 1 aliphatic carbocycles. The maximum Gasteiger partial charge on any atom is 0.260 e. The number of aromatic amines is 1. The number of rotatable bonds is 3. The van der Waals surface area contributed by atoms with E-state index in [0.29, 0.717) is 6.54 Å². The molecule has 0 aromatic carbocycles. The summed E-state index contributed by atoms with van der Waals surface area (Å²) < 4.78 is 0. The first-order chi connectivity index (χ1) is 10.1.